The molecule has 0 saturated carbocycles. The Kier molecular flexibility index (Phi) is 3.64. The first-order valence-electron chi connectivity index (χ1n) is 5.44. The molecule has 0 bridgehead atoms. The van der Waals surface area contributed by atoms with Gasteiger partial charge in [-0.1, -0.05) is 19.9 Å². The summed E-state index contributed by atoms with van der Waals surface area (Å²) in [5.41, 5.74) is 1.25. The highest BCUT2D eigenvalue weighted by atomic mass is 32.1. The Balaban J connectivity index is 1.96. The van der Waals surface area contributed by atoms with Gasteiger partial charge in [-0.25, -0.2) is 0 Å². The van der Waals surface area contributed by atoms with E-state index in [2.05, 4.69) is 36.0 Å². The topological polar surface area (TPSA) is 29.1 Å². The molecule has 1 amide bonds. The van der Waals surface area contributed by atoms with Crippen LogP contribution in [0.15, 0.2) is 34.3 Å². The standard InChI is InChI=1S/C13H15NOS2/c1-13(2,10-5-7-16-8-10)9-14-12(15)11-4-3-6-17-11/h3-8H,9H2,1-2H3,(H,14,15). The predicted octanol–water partition coefficient (Wildman–Crippen LogP) is 3.52. The SMILES string of the molecule is CC(C)(CNC(=O)c1cccs1)c1ccsc1. The minimum atomic E-state index is -0.0209. The molecule has 2 heterocycles. The van der Waals surface area contributed by atoms with Gasteiger partial charge in [0.1, 0.15) is 0 Å². The van der Waals surface area contributed by atoms with Crippen LogP contribution in [-0.4, -0.2) is 12.5 Å². The van der Waals surface area contributed by atoms with Crippen LogP contribution in [-0.2, 0) is 5.41 Å². The molecule has 4 heteroatoms. The van der Waals surface area contributed by atoms with E-state index in [0.717, 1.165) is 4.88 Å². The summed E-state index contributed by atoms with van der Waals surface area (Å²) in [4.78, 5) is 12.6. The van der Waals surface area contributed by atoms with E-state index in [1.54, 1.807) is 11.3 Å². The summed E-state index contributed by atoms with van der Waals surface area (Å²) in [6, 6.07) is 5.85. The van der Waals surface area contributed by atoms with E-state index in [0.29, 0.717) is 6.54 Å². The van der Waals surface area contributed by atoms with Crippen molar-refractivity contribution in [3.8, 4) is 0 Å². The fraction of sp³-hybridized carbons (Fsp3) is 0.308. The normalized spacial score (nSPS) is 11.4. The van der Waals surface area contributed by atoms with Crippen molar-refractivity contribution in [2.24, 2.45) is 0 Å². The number of thiophene rings is 2. The maximum atomic E-state index is 11.8. The first-order valence-corrected chi connectivity index (χ1v) is 7.26. The first kappa shape index (κ1) is 12.3. The molecule has 0 fully saturated rings. The van der Waals surface area contributed by atoms with Gasteiger partial charge in [-0.2, -0.15) is 11.3 Å². The lowest BCUT2D eigenvalue weighted by atomic mass is 9.86. The third kappa shape index (κ3) is 2.96. The van der Waals surface area contributed by atoms with E-state index in [9.17, 15) is 4.79 Å². The summed E-state index contributed by atoms with van der Waals surface area (Å²) in [5.74, 6) is 0.0169. The number of rotatable bonds is 4. The average Bonchev–Trinajstić information content (AvgIpc) is 2.97. The highest BCUT2D eigenvalue weighted by Crippen LogP contribution is 2.24. The van der Waals surface area contributed by atoms with Crippen molar-refractivity contribution in [3.05, 3.63) is 44.8 Å². The molecule has 17 heavy (non-hydrogen) atoms. The Labute approximate surface area is 109 Å². The molecule has 1 N–H and O–H groups in total. The van der Waals surface area contributed by atoms with Crippen molar-refractivity contribution in [3.63, 3.8) is 0 Å². The van der Waals surface area contributed by atoms with Crippen molar-refractivity contribution < 1.29 is 4.79 Å². The highest BCUT2D eigenvalue weighted by Gasteiger charge is 2.22. The van der Waals surface area contributed by atoms with Gasteiger partial charge in [-0.05, 0) is 33.8 Å². The van der Waals surface area contributed by atoms with Crippen LogP contribution in [0.5, 0.6) is 0 Å². The molecule has 0 aliphatic heterocycles. The van der Waals surface area contributed by atoms with Gasteiger partial charge in [-0.3, -0.25) is 4.79 Å². The quantitative estimate of drug-likeness (QED) is 0.900. The monoisotopic (exact) mass is 265 g/mol. The van der Waals surface area contributed by atoms with Gasteiger partial charge in [0.15, 0.2) is 0 Å². The van der Waals surface area contributed by atoms with E-state index in [-0.39, 0.29) is 11.3 Å². The molecule has 0 saturated heterocycles. The van der Waals surface area contributed by atoms with Gasteiger partial charge < -0.3 is 5.32 Å². The maximum Gasteiger partial charge on any atom is 0.261 e. The molecule has 90 valence electrons. The third-order valence-electron chi connectivity index (χ3n) is 2.74. The molecule has 0 spiro atoms. The summed E-state index contributed by atoms with van der Waals surface area (Å²) >= 11 is 3.16. The lowest BCUT2D eigenvalue weighted by Crippen LogP contribution is -2.36. The summed E-state index contributed by atoms with van der Waals surface area (Å²) < 4.78 is 0. The van der Waals surface area contributed by atoms with Gasteiger partial charge in [0.2, 0.25) is 0 Å². The number of hydrogen-bond donors (Lipinski definition) is 1. The van der Waals surface area contributed by atoms with E-state index < -0.39 is 0 Å². The molecule has 2 aromatic heterocycles. The molecule has 0 atom stereocenters. The van der Waals surface area contributed by atoms with Gasteiger partial charge in [0, 0.05) is 12.0 Å². The Hall–Kier alpha value is -1.13. The summed E-state index contributed by atoms with van der Waals surface area (Å²) in [6.07, 6.45) is 0. The van der Waals surface area contributed by atoms with Crippen LogP contribution < -0.4 is 5.32 Å². The third-order valence-corrected chi connectivity index (χ3v) is 4.29. The fourth-order valence-corrected chi connectivity index (χ4v) is 3.04. The van der Waals surface area contributed by atoms with Crippen molar-refractivity contribution >= 4 is 28.6 Å². The first-order chi connectivity index (χ1) is 8.09. The Morgan fingerprint density at radius 1 is 1.35 bits per heavy atom. The number of amides is 1. The van der Waals surface area contributed by atoms with E-state index in [1.807, 2.05) is 17.5 Å². The van der Waals surface area contributed by atoms with Gasteiger partial charge in [0.05, 0.1) is 4.88 Å². The molecule has 2 nitrogen and oxygen atoms in total. The summed E-state index contributed by atoms with van der Waals surface area (Å²) in [7, 11) is 0. The van der Waals surface area contributed by atoms with Gasteiger partial charge in [0.25, 0.3) is 5.91 Å². The number of carbonyl (C=O) groups excluding carboxylic acids is 1. The predicted molar refractivity (Wildman–Crippen MR) is 74.0 cm³/mol. The van der Waals surface area contributed by atoms with Crippen LogP contribution >= 0.6 is 22.7 Å². The molecular formula is C13H15NOS2. The Morgan fingerprint density at radius 3 is 2.76 bits per heavy atom. The number of hydrogen-bond acceptors (Lipinski definition) is 3. The van der Waals surface area contributed by atoms with E-state index in [4.69, 9.17) is 0 Å². The second-order valence-electron chi connectivity index (χ2n) is 4.56. The molecule has 0 radical (unpaired) electrons. The Morgan fingerprint density at radius 2 is 2.18 bits per heavy atom. The van der Waals surface area contributed by atoms with Crippen LogP contribution in [0.4, 0.5) is 0 Å². The second kappa shape index (κ2) is 5.02. The zero-order valence-electron chi connectivity index (χ0n) is 9.90. The smallest absolute Gasteiger partial charge is 0.261 e. The zero-order valence-corrected chi connectivity index (χ0v) is 11.5. The Bertz CT molecular complexity index is 472. The van der Waals surface area contributed by atoms with E-state index >= 15 is 0 Å². The van der Waals surface area contributed by atoms with E-state index in [1.165, 1.54) is 16.9 Å². The molecule has 0 aromatic carbocycles. The molecule has 2 rings (SSSR count). The summed E-state index contributed by atoms with van der Waals surface area (Å²) in [6.45, 7) is 4.94. The molecule has 0 aliphatic rings. The highest BCUT2D eigenvalue weighted by molar-refractivity contribution is 7.12. The lowest BCUT2D eigenvalue weighted by molar-refractivity contribution is 0.0950. The van der Waals surface area contributed by atoms with Crippen LogP contribution in [0, 0.1) is 0 Å². The number of nitrogens with one attached hydrogen (secondary N) is 1. The molecule has 0 aliphatic carbocycles. The fourth-order valence-electron chi connectivity index (χ4n) is 1.55. The average molecular weight is 265 g/mol. The maximum absolute atomic E-state index is 11.8. The van der Waals surface area contributed by atoms with Crippen LogP contribution in [0.2, 0.25) is 0 Å². The van der Waals surface area contributed by atoms with Crippen molar-refractivity contribution in [2.45, 2.75) is 19.3 Å². The van der Waals surface area contributed by atoms with Gasteiger partial charge in [-0.15, -0.1) is 11.3 Å². The zero-order chi connectivity index (χ0) is 12.3. The molecule has 2 aromatic rings. The lowest BCUT2D eigenvalue weighted by Gasteiger charge is -2.24. The van der Waals surface area contributed by atoms with Crippen LogP contribution in [0.3, 0.4) is 0 Å². The van der Waals surface area contributed by atoms with Crippen molar-refractivity contribution in [1.29, 1.82) is 0 Å². The van der Waals surface area contributed by atoms with Crippen molar-refractivity contribution in [1.82, 2.24) is 5.32 Å². The van der Waals surface area contributed by atoms with Crippen LogP contribution in [0.1, 0.15) is 29.1 Å². The largest absolute Gasteiger partial charge is 0.350 e. The van der Waals surface area contributed by atoms with Gasteiger partial charge >= 0.3 is 0 Å². The van der Waals surface area contributed by atoms with Crippen molar-refractivity contribution in [2.75, 3.05) is 6.54 Å². The molecular weight excluding hydrogens is 250 g/mol. The summed E-state index contributed by atoms with van der Waals surface area (Å²) in [5, 5.41) is 9.11. The number of carbonyl (C=O) groups is 1. The minimum absolute atomic E-state index is 0.0169. The van der Waals surface area contributed by atoms with Crippen LogP contribution in [0.25, 0.3) is 0 Å². The second-order valence-corrected chi connectivity index (χ2v) is 6.28. The minimum Gasteiger partial charge on any atom is -0.350 e. The molecule has 0 unspecified atom stereocenters.